The number of hydrogen-bond acceptors (Lipinski definition) is 2. The third kappa shape index (κ3) is 2.86. The van der Waals surface area contributed by atoms with Gasteiger partial charge in [-0.1, -0.05) is 58.0 Å². The number of fused-ring (bicyclic) bond motifs is 2. The number of para-hydroxylation sites is 1. The highest BCUT2D eigenvalue weighted by molar-refractivity contribution is 5.78. The molecule has 0 fully saturated rings. The Kier molecular flexibility index (Phi) is 3.72. The van der Waals surface area contributed by atoms with Crippen molar-refractivity contribution in [3.05, 3.63) is 77.7 Å². The van der Waals surface area contributed by atoms with E-state index in [0.717, 1.165) is 29.3 Å². The molecule has 0 amide bonds. The van der Waals surface area contributed by atoms with Gasteiger partial charge in [-0.3, -0.25) is 0 Å². The van der Waals surface area contributed by atoms with Gasteiger partial charge in [0.15, 0.2) is 5.75 Å². The molecular formula is C23H25NO. The first-order valence-corrected chi connectivity index (χ1v) is 9.03. The van der Waals surface area contributed by atoms with Crippen molar-refractivity contribution in [2.24, 2.45) is 5.92 Å². The Bertz CT molecular complexity index is 855. The van der Waals surface area contributed by atoms with Gasteiger partial charge in [0.25, 0.3) is 0 Å². The van der Waals surface area contributed by atoms with Crippen molar-refractivity contribution in [1.29, 1.82) is 0 Å². The molecule has 0 aromatic heterocycles. The average molecular weight is 331 g/mol. The summed E-state index contributed by atoms with van der Waals surface area (Å²) in [5, 5.41) is 0. The van der Waals surface area contributed by atoms with Crippen molar-refractivity contribution in [3.63, 3.8) is 0 Å². The first kappa shape index (κ1) is 16.0. The molecule has 0 bridgehead atoms. The van der Waals surface area contributed by atoms with Crippen LogP contribution in [0.3, 0.4) is 0 Å². The second-order valence-electron chi connectivity index (χ2n) is 8.04. The van der Waals surface area contributed by atoms with E-state index >= 15 is 0 Å². The Balaban J connectivity index is 1.90. The Labute approximate surface area is 150 Å². The van der Waals surface area contributed by atoms with Crippen LogP contribution in [0.15, 0.2) is 72.1 Å². The lowest BCUT2D eigenvalue weighted by Crippen LogP contribution is -2.27. The van der Waals surface area contributed by atoms with E-state index in [4.69, 9.17) is 4.74 Å². The van der Waals surface area contributed by atoms with Crippen LogP contribution >= 0.6 is 0 Å². The Hall–Kier alpha value is -2.48. The Morgan fingerprint density at radius 1 is 1.04 bits per heavy atom. The van der Waals surface area contributed by atoms with Gasteiger partial charge < -0.3 is 9.64 Å². The first-order chi connectivity index (χ1) is 11.9. The van der Waals surface area contributed by atoms with Crippen molar-refractivity contribution in [2.45, 2.75) is 39.5 Å². The van der Waals surface area contributed by atoms with E-state index in [9.17, 15) is 0 Å². The zero-order chi connectivity index (χ0) is 17.6. The molecular weight excluding hydrogens is 306 g/mol. The summed E-state index contributed by atoms with van der Waals surface area (Å²) >= 11 is 0. The van der Waals surface area contributed by atoms with Crippen LogP contribution in [-0.2, 0) is 5.41 Å². The van der Waals surface area contributed by atoms with Gasteiger partial charge in [0, 0.05) is 5.69 Å². The Morgan fingerprint density at radius 2 is 1.80 bits per heavy atom. The first-order valence-electron chi connectivity index (χ1n) is 9.03. The molecule has 0 spiro atoms. The molecule has 1 aliphatic heterocycles. The summed E-state index contributed by atoms with van der Waals surface area (Å²) in [5.41, 5.74) is 4.82. The maximum absolute atomic E-state index is 6.34. The third-order valence-corrected chi connectivity index (χ3v) is 4.91. The summed E-state index contributed by atoms with van der Waals surface area (Å²) in [6.45, 7) is 8.94. The molecule has 2 heteroatoms. The molecule has 1 atom stereocenters. The lowest BCUT2D eigenvalue weighted by molar-refractivity contribution is 0.408. The van der Waals surface area contributed by atoms with E-state index in [2.05, 4.69) is 93.3 Å². The van der Waals surface area contributed by atoms with Crippen LogP contribution in [0.1, 0.15) is 39.7 Å². The third-order valence-electron chi connectivity index (χ3n) is 4.91. The van der Waals surface area contributed by atoms with Crippen LogP contribution in [0, 0.1) is 5.92 Å². The number of allylic oxidation sites excluding steroid dienone is 2. The van der Waals surface area contributed by atoms with Crippen molar-refractivity contribution < 1.29 is 4.74 Å². The number of nitrogens with zero attached hydrogens (tertiary/aromatic N) is 1. The van der Waals surface area contributed by atoms with Crippen LogP contribution in [0.2, 0.25) is 0 Å². The lowest BCUT2D eigenvalue weighted by Gasteiger charge is -2.37. The highest BCUT2D eigenvalue weighted by Gasteiger charge is 2.31. The standard InChI is InChI=1S/C23H25NO/c1-16-10-12-19-21(14-16)25-22-15-17(23(2,3)4)11-13-20(22)24(19)18-8-6-5-7-9-18/h5-9,11-16H,10H2,1-4H3. The quantitative estimate of drug-likeness (QED) is 0.606. The molecule has 4 rings (SSSR count). The molecule has 0 radical (unpaired) electrons. The van der Waals surface area contributed by atoms with Gasteiger partial charge >= 0.3 is 0 Å². The average Bonchev–Trinajstić information content (AvgIpc) is 2.59. The van der Waals surface area contributed by atoms with Crippen LogP contribution < -0.4 is 9.64 Å². The highest BCUT2D eigenvalue weighted by atomic mass is 16.5. The molecule has 25 heavy (non-hydrogen) atoms. The summed E-state index contributed by atoms with van der Waals surface area (Å²) in [6, 6.07) is 17.2. The number of anilines is 2. The Morgan fingerprint density at radius 3 is 2.52 bits per heavy atom. The molecule has 1 heterocycles. The van der Waals surface area contributed by atoms with E-state index in [1.54, 1.807) is 0 Å². The second-order valence-corrected chi connectivity index (χ2v) is 8.04. The SMILES string of the molecule is CC1C=C2Oc3cc(C(C)(C)C)ccc3N(c3ccccc3)C2=CC1. The van der Waals surface area contributed by atoms with Gasteiger partial charge in [-0.05, 0) is 53.7 Å². The zero-order valence-electron chi connectivity index (χ0n) is 15.4. The fraction of sp³-hybridized carbons (Fsp3) is 0.304. The molecule has 2 nitrogen and oxygen atoms in total. The molecule has 2 aliphatic rings. The number of hydrogen-bond donors (Lipinski definition) is 0. The maximum atomic E-state index is 6.34. The van der Waals surface area contributed by atoms with E-state index in [1.807, 2.05) is 0 Å². The minimum absolute atomic E-state index is 0.0975. The van der Waals surface area contributed by atoms with E-state index in [0.29, 0.717) is 5.92 Å². The minimum atomic E-state index is 0.0975. The van der Waals surface area contributed by atoms with Crippen LogP contribution in [0.25, 0.3) is 0 Å². The normalized spacial score (nSPS) is 19.4. The summed E-state index contributed by atoms with van der Waals surface area (Å²) < 4.78 is 6.34. The van der Waals surface area contributed by atoms with Gasteiger partial charge in [0.2, 0.25) is 0 Å². The van der Waals surface area contributed by atoms with E-state index < -0.39 is 0 Å². The second kappa shape index (κ2) is 5.80. The van der Waals surface area contributed by atoms with Crippen molar-refractivity contribution >= 4 is 11.4 Å². The molecule has 1 unspecified atom stereocenters. The molecule has 1 aliphatic carbocycles. The largest absolute Gasteiger partial charge is 0.453 e. The van der Waals surface area contributed by atoms with Crippen LogP contribution in [-0.4, -0.2) is 0 Å². The number of rotatable bonds is 1. The highest BCUT2D eigenvalue weighted by Crippen LogP contribution is 2.47. The van der Waals surface area contributed by atoms with Gasteiger partial charge in [0.1, 0.15) is 5.76 Å². The summed E-state index contributed by atoms with van der Waals surface area (Å²) in [7, 11) is 0. The smallest absolute Gasteiger partial charge is 0.151 e. The molecule has 0 saturated heterocycles. The minimum Gasteiger partial charge on any atom is -0.453 e. The van der Waals surface area contributed by atoms with Gasteiger partial charge in [-0.2, -0.15) is 0 Å². The van der Waals surface area contributed by atoms with Crippen LogP contribution in [0.4, 0.5) is 11.4 Å². The molecule has 0 saturated carbocycles. The monoisotopic (exact) mass is 331 g/mol. The predicted molar refractivity (Wildman–Crippen MR) is 104 cm³/mol. The summed E-state index contributed by atoms with van der Waals surface area (Å²) in [6.07, 6.45) is 5.59. The fourth-order valence-electron chi connectivity index (χ4n) is 3.45. The molecule has 2 aromatic carbocycles. The van der Waals surface area contributed by atoms with Crippen LogP contribution in [0.5, 0.6) is 5.75 Å². The van der Waals surface area contributed by atoms with Crippen molar-refractivity contribution in [1.82, 2.24) is 0 Å². The zero-order valence-corrected chi connectivity index (χ0v) is 15.4. The van der Waals surface area contributed by atoms with E-state index in [1.165, 1.54) is 11.3 Å². The van der Waals surface area contributed by atoms with Gasteiger partial charge in [0.05, 0.1) is 11.4 Å². The number of ether oxygens (including phenoxy) is 1. The topological polar surface area (TPSA) is 12.5 Å². The molecule has 0 N–H and O–H groups in total. The summed E-state index contributed by atoms with van der Waals surface area (Å²) in [5.74, 6) is 2.42. The van der Waals surface area contributed by atoms with E-state index in [-0.39, 0.29) is 5.41 Å². The summed E-state index contributed by atoms with van der Waals surface area (Å²) in [4.78, 5) is 2.32. The maximum Gasteiger partial charge on any atom is 0.151 e. The lowest BCUT2D eigenvalue weighted by atomic mass is 9.86. The number of benzene rings is 2. The molecule has 128 valence electrons. The van der Waals surface area contributed by atoms with Crippen molar-refractivity contribution in [2.75, 3.05) is 4.90 Å². The van der Waals surface area contributed by atoms with Gasteiger partial charge in [-0.25, -0.2) is 0 Å². The van der Waals surface area contributed by atoms with Gasteiger partial charge in [-0.15, -0.1) is 0 Å². The molecule has 2 aromatic rings. The van der Waals surface area contributed by atoms with Crippen molar-refractivity contribution in [3.8, 4) is 5.75 Å². The fourth-order valence-corrected chi connectivity index (χ4v) is 3.45. The predicted octanol–water partition coefficient (Wildman–Crippen LogP) is 6.32.